The van der Waals surface area contributed by atoms with Gasteiger partial charge >= 0.3 is 0 Å². The van der Waals surface area contributed by atoms with Crippen molar-refractivity contribution in [2.75, 3.05) is 26.6 Å². The van der Waals surface area contributed by atoms with Gasteiger partial charge in [0.05, 0.1) is 30.5 Å². The number of carbonyl (C=O) groups excluding carboxylic acids is 1. The molecule has 1 heterocycles. The number of likely N-dealkylation sites (N-methyl/N-ethyl adjacent to an activating group) is 1. The molecule has 0 aliphatic heterocycles. The van der Waals surface area contributed by atoms with Crippen LogP contribution in [0.2, 0.25) is 0 Å². The molecule has 0 saturated heterocycles. The highest BCUT2D eigenvalue weighted by Gasteiger charge is 2.35. The van der Waals surface area contributed by atoms with Crippen molar-refractivity contribution in [2.24, 2.45) is 0 Å². The Bertz CT molecular complexity index is 1050. The van der Waals surface area contributed by atoms with Crippen LogP contribution < -0.4 is 14.8 Å². The number of ether oxygens (including phenoxy) is 2. The van der Waals surface area contributed by atoms with E-state index in [2.05, 4.69) is 10.3 Å². The van der Waals surface area contributed by atoms with Crippen molar-refractivity contribution in [1.82, 2.24) is 9.88 Å². The number of fused-ring (bicyclic) bond motifs is 1. The molecule has 0 unspecified atom stereocenters. The van der Waals surface area contributed by atoms with Crippen molar-refractivity contribution in [3.05, 3.63) is 47.8 Å². The average molecular weight is 430 g/mol. The minimum Gasteiger partial charge on any atom is -0.496 e. The van der Waals surface area contributed by atoms with Gasteiger partial charge in [-0.15, -0.1) is 0 Å². The molecule has 8 heteroatoms. The molecule has 3 aromatic rings. The number of amides is 1. The summed E-state index contributed by atoms with van der Waals surface area (Å²) in [7, 11) is 4.90. The fourth-order valence-electron chi connectivity index (χ4n) is 4.08. The fraction of sp³-hybridized carbons (Fsp3) is 0.364. The number of hydrogen-bond acceptors (Lipinski definition) is 6. The van der Waals surface area contributed by atoms with Gasteiger partial charge in [0.2, 0.25) is 0 Å². The van der Waals surface area contributed by atoms with Gasteiger partial charge in [-0.25, -0.2) is 9.37 Å². The van der Waals surface area contributed by atoms with Crippen LogP contribution in [0.4, 0.5) is 9.52 Å². The van der Waals surface area contributed by atoms with Crippen molar-refractivity contribution < 1.29 is 18.7 Å². The predicted molar refractivity (Wildman–Crippen MR) is 116 cm³/mol. The summed E-state index contributed by atoms with van der Waals surface area (Å²) in [4.78, 5) is 19.7. The van der Waals surface area contributed by atoms with Gasteiger partial charge in [-0.05, 0) is 49.6 Å². The van der Waals surface area contributed by atoms with Crippen molar-refractivity contribution in [3.8, 4) is 11.5 Å². The number of halogens is 1. The zero-order valence-corrected chi connectivity index (χ0v) is 18.0. The van der Waals surface area contributed by atoms with E-state index in [0.717, 1.165) is 34.6 Å². The first-order valence-corrected chi connectivity index (χ1v) is 10.6. The molecule has 0 bridgehead atoms. The highest BCUT2D eigenvalue weighted by molar-refractivity contribution is 7.22. The molecule has 158 valence electrons. The van der Waals surface area contributed by atoms with Crippen molar-refractivity contribution in [3.63, 3.8) is 0 Å². The Balaban J connectivity index is 1.56. The zero-order chi connectivity index (χ0) is 21.3. The maximum Gasteiger partial charge on any atom is 0.261 e. The van der Waals surface area contributed by atoms with Crippen LogP contribution in [-0.4, -0.2) is 49.1 Å². The summed E-state index contributed by atoms with van der Waals surface area (Å²) in [5, 5.41) is 4.21. The van der Waals surface area contributed by atoms with E-state index in [4.69, 9.17) is 9.47 Å². The Morgan fingerprint density at radius 1 is 1.20 bits per heavy atom. The maximum absolute atomic E-state index is 13.5. The maximum atomic E-state index is 13.5. The third-order valence-electron chi connectivity index (χ3n) is 5.60. The van der Waals surface area contributed by atoms with E-state index in [-0.39, 0.29) is 23.8 Å². The van der Waals surface area contributed by atoms with Crippen LogP contribution in [0.5, 0.6) is 11.5 Å². The van der Waals surface area contributed by atoms with E-state index in [0.29, 0.717) is 17.1 Å². The van der Waals surface area contributed by atoms with Crippen LogP contribution in [0.15, 0.2) is 36.4 Å². The van der Waals surface area contributed by atoms with E-state index >= 15 is 0 Å². The molecule has 1 amide bonds. The van der Waals surface area contributed by atoms with E-state index in [1.165, 1.54) is 23.5 Å². The first-order chi connectivity index (χ1) is 14.5. The van der Waals surface area contributed by atoms with Crippen molar-refractivity contribution in [1.29, 1.82) is 0 Å². The lowest BCUT2D eigenvalue weighted by atomic mass is 10.1. The normalized spacial score (nSPS) is 18.4. The first-order valence-electron chi connectivity index (χ1n) is 9.82. The number of thiazole rings is 1. The minimum absolute atomic E-state index is 0.00383. The molecule has 1 aliphatic carbocycles. The molecule has 2 aromatic carbocycles. The summed E-state index contributed by atoms with van der Waals surface area (Å²) >= 11 is 1.42. The average Bonchev–Trinajstić information content (AvgIpc) is 3.38. The zero-order valence-electron chi connectivity index (χ0n) is 17.1. The van der Waals surface area contributed by atoms with Gasteiger partial charge in [-0.1, -0.05) is 17.4 Å². The van der Waals surface area contributed by atoms with Gasteiger partial charge < -0.3 is 19.7 Å². The second-order valence-electron chi connectivity index (χ2n) is 7.33. The van der Waals surface area contributed by atoms with Crippen LogP contribution in [0, 0.1) is 5.82 Å². The number of nitrogens with one attached hydrogen (secondary N) is 1. The third-order valence-corrected chi connectivity index (χ3v) is 6.55. The largest absolute Gasteiger partial charge is 0.496 e. The summed E-state index contributed by atoms with van der Waals surface area (Å²) in [6.07, 6.45) is 2.81. The molecule has 1 aliphatic rings. The lowest BCUT2D eigenvalue weighted by Crippen LogP contribution is -2.44. The Kier molecular flexibility index (Phi) is 5.76. The van der Waals surface area contributed by atoms with Gasteiger partial charge in [0.15, 0.2) is 5.13 Å². The van der Waals surface area contributed by atoms with Gasteiger partial charge in [-0.3, -0.25) is 4.79 Å². The van der Waals surface area contributed by atoms with Crippen LogP contribution in [0.1, 0.15) is 29.6 Å². The fourth-order valence-corrected chi connectivity index (χ4v) is 5.03. The Labute approximate surface area is 178 Å². The number of hydrogen-bond donors (Lipinski definition) is 1. The molecule has 30 heavy (non-hydrogen) atoms. The lowest BCUT2D eigenvalue weighted by molar-refractivity contribution is 0.0721. The number of anilines is 1. The van der Waals surface area contributed by atoms with Gasteiger partial charge in [-0.2, -0.15) is 0 Å². The molecule has 1 aromatic heterocycles. The van der Waals surface area contributed by atoms with Crippen LogP contribution >= 0.6 is 11.3 Å². The van der Waals surface area contributed by atoms with E-state index < -0.39 is 0 Å². The number of nitrogens with zero attached hydrogens (tertiary/aromatic N) is 2. The Hall–Kier alpha value is -2.87. The standard InChI is InChI=1S/C22H24FN3O3S/c1-26(21(27)20-17(28-2)8-5-9-18(20)29-3)16-7-4-6-14(16)24-22-25-15-11-10-13(23)12-19(15)30-22/h5,8-12,14,16H,4,6-7H2,1-3H3,(H,24,25)/t14-,16+/m1/s1. The summed E-state index contributed by atoms with van der Waals surface area (Å²) < 4.78 is 25.1. The second-order valence-corrected chi connectivity index (χ2v) is 8.36. The lowest BCUT2D eigenvalue weighted by Gasteiger charge is -2.31. The van der Waals surface area contributed by atoms with E-state index in [9.17, 15) is 9.18 Å². The number of rotatable bonds is 6. The number of methoxy groups -OCH3 is 2. The van der Waals surface area contributed by atoms with E-state index in [1.807, 2.05) is 7.05 Å². The topological polar surface area (TPSA) is 63.7 Å². The molecule has 2 atom stereocenters. The number of carbonyl (C=O) groups is 1. The van der Waals surface area contributed by atoms with E-state index in [1.54, 1.807) is 43.4 Å². The highest BCUT2D eigenvalue weighted by Crippen LogP contribution is 2.34. The molecule has 0 radical (unpaired) electrons. The van der Waals surface area contributed by atoms with Crippen LogP contribution in [-0.2, 0) is 0 Å². The van der Waals surface area contributed by atoms with Crippen molar-refractivity contribution >= 4 is 32.6 Å². The summed E-state index contributed by atoms with van der Waals surface area (Å²) in [6.45, 7) is 0. The number of aromatic nitrogens is 1. The molecular weight excluding hydrogens is 405 g/mol. The molecule has 1 fully saturated rings. The Morgan fingerprint density at radius 3 is 2.63 bits per heavy atom. The summed E-state index contributed by atoms with van der Waals surface area (Å²) in [6, 6.07) is 9.96. The summed E-state index contributed by atoms with van der Waals surface area (Å²) in [5.41, 5.74) is 1.19. The van der Waals surface area contributed by atoms with Crippen LogP contribution in [0.25, 0.3) is 10.2 Å². The predicted octanol–water partition coefficient (Wildman–Crippen LogP) is 4.56. The molecule has 1 saturated carbocycles. The monoisotopic (exact) mass is 429 g/mol. The molecule has 6 nitrogen and oxygen atoms in total. The molecule has 4 rings (SSSR count). The minimum atomic E-state index is -0.271. The van der Waals surface area contributed by atoms with Gasteiger partial charge in [0.25, 0.3) is 5.91 Å². The first kappa shape index (κ1) is 20.4. The second kappa shape index (κ2) is 8.47. The molecular formula is C22H24FN3O3S. The van der Waals surface area contributed by atoms with Crippen molar-refractivity contribution in [2.45, 2.75) is 31.3 Å². The van der Waals surface area contributed by atoms with Crippen LogP contribution in [0.3, 0.4) is 0 Å². The third kappa shape index (κ3) is 3.79. The smallest absolute Gasteiger partial charge is 0.261 e. The number of benzene rings is 2. The summed E-state index contributed by atoms with van der Waals surface area (Å²) in [5.74, 6) is 0.561. The molecule has 1 N–H and O–H groups in total. The molecule has 0 spiro atoms. The highest BCUT2D eigenvalue weighted by atomic mass is 32.1. The van der Waals surface area contributed by atoms with Gasteiger partial charge in [0.1, 0.15) is 22.9 Å². The SMILES string of the molecule is COc1cccc(OC)c1C(=O)N(C)[C@H]1CCC[C@H]1Nc1nc2ccc(F)cc2s1. The van der Waals surface area contributed by atoms with Gasteiger partial charge in [0, 0.05) is 13.1 Å². The quantitative estimate of drug-likeness (QED) is 0.622. The Morgan fingerprint density at radius 2 is 1.93 bits per heavy atom.